The highest BCUT2D eigenvalue weighted by molar-refractivity contribution is 7.12. The Hall–Kier alpha value is -2.93. The molecule has 0 spiro atoms. The van der Waals surface area contributed by atoms with E-state index in [1.165, 1.54) is 18.4 Å². The first-order valence-electron chi connectivity index (χ1n) is 8.36. The molecule has 0 saturated carbocycles. The summed E-state index contributed by atoms with van der Waals surface area (Å²) in [6.45, 7) is 5.30. The largest absolute Gasteiger partial charge is 0.496 e. The summed E-state index contributed by atoms with van der Waals surface area (Å²) in [7, 11) is 1.49. The highest BCUT2D eigenvalue weighted by Crippen LogP contribution is 2.23. The van der Waals surface area contributed by atoms with E-state index in [9.17, 15) is 9.59 Å². The van der Waals surface area contributed by atoms with Crippen LogP contribution in [0.2, 0.25) is 0 Å². The van der Waals surface area contributed by atoms with Gasteiger partial charge in [-0.25, -0.2) is 9.78 Å². The molecule has 7 heteroatoms. The smallest absolute Gasteiger partial charge is 0.342 e. The SMILES string of the molecule is COc1ccc(C)cc1C(=O)OCC(=O)c1cc(C)n(-c2nccs2)c1C. The molecule has 0 aliphatic rings. The zero-order chi connectivity index (χ0) is 19.6. The van der Waals surface area contributed by atoms with Gasteiger partial charge in [0.25, 0.3) is 0 Å². The highest BCUT2D eigenvalue weighted by Gasteiger charge is 2.20. The Labute approximate surface area is 161 Å². The molecule has 6 nitrogen and oxygen atoms in total. The maximum Gasteiger partial charge on any atom is 0.342 e. The molecule has 0 aliphatic heterocycles. The number of aromatic nitrogens is 2. The molecule has 0 saturated heterocycles. The lowest BCUT2D eigenvalue weighted by atomic mass is 10.1. The summed E-state index contributed by atoms with van der Waals surface area (Å²) in [6, 6.07) is 7.02. The molecule has 1 aromatic carbocycles. The van der Waals surface area contributed by atoms with Crippen molar-refractivity contribution in [3.8, 4) is 10.9 Å². The fraction of sp³-hybridized carbons (Fsp3) is 0.250. The van der Waals surface area contributed by atoms with Crippen LogP contribution in [0.15, 0.2) is 35.8 Å². The van der Waals surface area contributed by atoms with E-state index in [2.05, 4.69) is 4.98 Å². The number of rotatable bonds is 6. The van der Waals surface area contributed by atoms with Crippen molar-refractivity contribution in [2.24, 2.45) is 0 Å². The van der Waals surface area contributed by atoms with Crippen molar-refractivity contribution >= 4 is 23.1 Å². The number of carbonyl (C=O) groups excluding carboxylic acids is 2. The molecule has 2 aromatic heterocycles. The quantitative estimate of drug-likeness (QED) is 0.476. The van der Waals surface area contributed by atoms with Crippen molar-refractivity contribution < 1.29 is 19.1 Å². The Morgan fingerprint density at radius 1 is 1.15 bits per heavy atom. The molecule has 27 heavy (non-hydrogen) atoms. The predicted molar refractivity (Wildman–Crippen MR) is 103 cm³/mol. The summed E-state index contributed by atoms with van der Waals surface area (Å²) in [5.74, 6) is -0.427. The van der Waals surface area contributed by atoms with Gasteiger partial charge in [0.15, 0.2) is 11.7 Å². The molecule has 0 N–H and O–H groups in total. The van der Waals surface area contributed by atoms with E-state index in [1.807, 2.05) is 36.8 Å². The second kappa shape index (κ2) is 7.75. The standard InChI is InChI=1S/C20H20N2O4S/c1-12-5-6-18(25-4)16(9-12)19(24)26-11-17(23)15-10-13(2)22(14(15)3)20-21-7-8-27-20/h5-10H,11H2,1-4H3. The fourth-order valence-electron chi connectivity index (χ4n) is 2.93. The number of methoxy groups -OCH3 is 1. The topological polar surface area (TPSA) is 70.4 Å². The number of nitrogens with zero attached hydrogens (tertiary/aromatic N) is 2. The minimum Gasteiger partial charge on any atom is -0.496 e. The van der Waals surface area contributed by atoms with Crippen molar-refractivity contribution in [1.82, 2.24) is 9.55 Å². The Balaban J connectivity index is 1.76. The lowest BCUT2D eigenvalue weighted by Crippen LogP contribution is -2.15. The molecular weight excluding hydrogens is 364 g/mol. The molecule has 0 radical (unpaired) electrons. The van der Waals surface area contributed by atoms with Crippen LogP contribution in [0.3, 0.4) is 0 Å². The average molecular weight is 384 g/mol. The number of benzene rings is 1. The number of carbonyl (C=O) groups is 2. The van der Waals surface area contributed by atoms with Crippen molar-refractivity contribution in [3.05, 3.63) is 63.9 Å². The summed E-state index contributed by atoms with van der Waals surface area (Å²) in [4.78, 5) is 29.3. The second-order valence-corrected chi connectivity index (χ2v) is 7.01. The lowest BCUT2D eigenvalue weighted by molar-refractivity contribution is 0.0471. The van der Waals surface area contributed by atoms with Crippen LogP contribution in [0.1, 0.15) is 37.7 Å². The maximum atomic E-state index is 12.6. The third-order valence-corrected chi connectivity index (χ3v) is 5.01. The zero-order valence-electron chi connectivity index (χ0n) is 15.6. The summed E-state index contributed by atoms with van der Waals surface area (Å²) in [5.41, 5.74) is 3.40. The monoisotopic (exact) mass is 384 g/mol. The van der Waals surface area contributed by atoms with Gasteiger partial charge >= 0.3 is 5.97 Å². The van der Waals surface area contributed by atoms with E-state index in [4.69, 9.17) is 9.47 Å². The van der Waals surface area contributed by atoms with Crippen LogP contribution in [0.4, 0.5) is 0 Å². The van der Waals surface area contributed by atoms with Gasteiger partial charge in [-0.3, -0.25) is 9.36 Å². The molecule has 0 bridgehead atoms. The minimum absolute atomic E-state index is 0.258. The molecule has 0 unspecified atom stereocenters. The molecule has 3 rings (SSSR count). The normalized spacial score (nSPS) is 10.7. The van der Waals surface area contributed by atoms with Crippen LogP contribution in [0.5, 0.6) is 5.75 Å². The van der Waals surface area contributed by atoms with Crippen LogP contribution in [-0.2, 0) is 4.74 Å². The van der Waals surface area contributed by atoms with E-state index >= 15 is 0 Å². The van der Waals surface area contributed by atoms with Crippen molar-refractivity contribution in [1.29, 1.82) is 0 Å². The van der Waals surface area contributed by atoms with Gasteiger partial charge in [-0.05, 0) is 39.0 Å². The van der Waals surface area contributed by atoms with Gasteiger partial charge in [0.2, 0.25) is 5.78 Å². The van der Waals surface area contributed by atoms with E-state index in [0.717, 1.165) is 22.1 Å². The van der Waals surface area contributed by atoms with Gasteiger partial charge in [0, 0.05) is 28.5 Å². The third-order valence-electron chi connectivity index (χ3n) is 4.25. The lowest BCUT2D eigenvalue weighted by Gasteiger charge is -2.09. The molecule has 2 heterocycles. The number of hydrogen-bond donors (Lipinski definition) is 0. The first-order chi connectivity index (χ1) is 12.9. The molecule has 0 fully saturated rings. The molecule has 3 aromatic rings. The Kier molecular flexibility index (Phi) is 5.41. The summed E-state index contributed by atoms with van der Waals surface area (Å²) < 4.78 is 12.4. The van der Waals surface area contributed by atoms with Crippen LogP contribution in [-0.4, -0.2) is 35.0 Å². The Morgan fingerprint density at radius 3 is 2.59 bits per heavy atom. The molecule has 0 atom stereocenters. The fourth-order valence-corrected chi connectivity index (χ4v) is 3.69. The maximum absolute atomic E-state index is 12.6. The molecular formula is C20H20N2O4S. The zero-order valence-corrected chi connectivity index (χ0v) is 16.4. The molecule has 140 valence electrons. The van der Waals surface area contributed by atoms with Crippen LogP contribution in [0, 0.1) is 20.8 Å². The van der Waals surface area contributed by atoms with Crippen molar-refractivity contribution in [3.63, 3.8) is 0 Å². The first kappa shape index (κ1) is 18.8. The highest BCUT2D eigenvalue weighted by atomic mass is 32.1. The van der Waals surface area contributed by atoms with Gasteiger partial charge in [-0.2, -0.15) is 0 Å². The van der Waals surface area contributed by atoms with E-state index < -0.39 is 5.97 Å². The summed E-state index contributed by atoms with van der Waals surface area (Å²) in [6.07, 6.45) is 1.72. The van der Waals surface area contributed by atoms with Gasteiger partial charge in [0.1, 0.15) is 11.3 Å². The van der Waals surface area contributed by atoms with Gasteiger partial charge in [-0.1, -0.05) is 11.6 Å². The molecule has 0 amide bonds. The van der Waals surface area contributed by atoms with Gasteiger partial charge in [0.05, 0.1) is 7.11 Å². The number of ketones is 1. The van der Waals surface area contributed by atoms with Crippen LogP contribution in [0.25, 0.3) is 5.13 Å². The van der Waals surface area contributed by atoms with Crippen molar-refractivity contribution in [2.75, 3.05) is 13.7 Å². The van der Waals surface area contributed by atoms with E-state index in [1.54, 1.807) is 24.4 Å². The Morgan fingerprint density at radius 2 is 1.93 bits per heavy atom. The van der Waals surface area contributed by atoms with Gasteiger partial charge in [-0.15, -0.1) is 11.3 Å². The van der Waals surface area contributed by atoms with Crippen LogP contribution >= 0.6 is 11.3 Å². The number of ether oxygens (including phenoxy) is 2. The summed E-state index contributed by atoms with van der Waals surface area (Å²) >= 11 is 1.49. The minimum atomic E-state index is -0.586. The molecule has 0 aliphatic carbocycles. The summed E-state index contributed by atoms with van der Waals surface area (Å²) in [5, 5.41) is 2.68. The van der Waals surface area contributed by atoms with E-state index in [0.29, 0.717) is 16.9 Å². The average Bonchev–Trinajstić information content (AvgIpc) is 3.27. The number of hydrogen-bond acceptors (Lipinski definition) is 6. The number of Topliss-reactive ketones (excluding diaryl/α,β-unsaturated/α-hetero) is 1. The third kappa shape index (κ3) is 3.78. The van der Waals surface area contributed by atoms with Gasteiger partial charge < -0.3 is 9.47 Å². The first-order valence-corrected chi connectivity index (χ1v) is 9.24. The van der Waals surface area contributed by atoms with E-state index in [-0.39, 0.29) is 12.4 Å². The Bertz CT molecular complexity index is 990. The van der Waals surface area contributed by atoms with Crippen LogP contribution < -0.4 is 4.74 Å². The predicted octanol–water partition coefficient (Wildman–Crippen LogP) is 3.91. The van der Waals surface area contributed by atoms with Crippen molar-refractivity contribution in [2.45, 2.75) is 20.8 Å². The number of aryl methyl sites for hydroxylation is 2. The number of esters is 1. The number of thiazole rings is 1. The second-order valence-electron chi connectivity index (χ2n) is 6.14.